The minimum absolute atomic E-state index is 0.133. The van der Waals surface area contributed by atoms with Crippen molar-refractivity contribution in [2.45, 2.75) is 0 Å². The molecule has 0 atom stereocenters. The van der Waals surface area contributed by atoms with Gasteiger partial charge in [-0.2, -0.15) is 0 Å². The number of non-ortho nitro benzene ring substituents is 1. The number of rotatable bonds is 4. The number of hydrogen-bond acceptors (Lipinski definition) is 5. The van der Waals surface area contributed by atoms with Crippen LogP contribution in [0.1, 0.15) is 10.4 Å². The van der Waals surface area contributed by atoms with E-state index in [0.717, 1.165) is 5.06 Å². The van der Waals surface area contributed by atoms with E-state index in [0.29, 0.717) is 0 Å². The van der Waals surface area contributed by atoms with Gasteiger partial charge in [0.25, 0.3) is 11.6 Å². The summed E-state index contributed by atoms with van der Waals surface area (Å²) in [4.78, 5) is 26.5. The lowest BCUT2D eigenvalue weighted by molar-refractivity contribution is -0.384. The highest BCUT2D eigenvalue weighted by Crippen LogP contribution is 2.25. The summed E-state index contributed by atoms with van der Waals surface area (Å²) in [5.74, 6) is -0.313. The van der Waals surface area contributed by atoms with E-state index in [9.17, 15) is 14.9 Å². The van der Waals surface area contributed by atoms with E-state index in [1.807, 2.05) is 0 Å². The number of hydrogen-bond donors (Lipinski definition) is 0. The molecule has 0 aliphatic heterocycles. The number of methoxy groups -OCH3 is 1. The second kappa shape index (κ2) is 5.26. The number of nitrogens with zero attached hydrogens (tertiary/aromatic N) is 2. The number of ether oxygens (including phenoxy) is 1. The highest BCUT2D eigenvalue weighted by Gasteiger charge is 2.19. The summed E-state index contributed by atoms with van der Waals surface area (Å²) in [5, 5.41) is 11.6. The number of nitro groups is 1. The van der Waals surface area contributed by atoms with Crippen LogP contribution in [0, 0.1) is 10.1 Å². The number of benzene rings is 1. The van der Waals surface area contributed by atoms with E-state index in [4.69, 9.17) is 9.57 Å². The molecule has 0 N–H and O–H groups in total. The third kappa shape index (κ3) is 2.70. The average Bonchev–Trinajstić information content (AvgIpc) is 2.35. The molecule has 1 amide bonds. The van der Waals surface area contributed by atoms with Gasteiger partial charge in [-0.3, -0.25) is 19.7 Å². The lowest BCUT2D eigenvalue weighted by Crippen LogP contribution is -2.25. The number of amides is 1. The first-order chi connectivity index (χ1) is 8.01. The van der Waals surface area contributed by atoms with Crippen LogP contribution in [0.2, 0.25) is 0 Å². The van der Waals surface area contributed by atoms with E-state index in [2.05, 4.69) is 0 Å². The van der Waals surface area contributed by atoms with Crippen LogP contribution in [0.25, 0.3) is 0 Å². The van der Waals surface area contributed by atoms with Crippen molar-refractivity contribution < 1.29 is 19.3 Å². The largest absolute Gasteiger partial charge is 0.496 e. The summed E-state index contributed by atoms with van der Waals surface area (Å²) in [5.41, 5.74) is 0.0564. The molecule has 0 spiro atoms. The molecule has 0 unspecified atom stereocenters. The summed E-state index contributed by atoms with van der Waals surface area (Å²) in [7, 11) is 4.11. The molecular formula is C10H12N2O5. The molecule has 1 rings (SSSR count). The zero-order chi connectivity index (χ0) is 13.0. The Kier molecular flexibility index (Phi) is 4.00. The fourth-order valence-electron chi connectivity index (χ4n) is 1.22. The number of carbonyl (C=O) groups excluding carboxylic acids is 1. The van der Waals surface area contributed by atoms with Crippen molar-refractivity contribution in [3.05, 3.63) is 33.9 Å². The summed E-state index contributed by atoms with van der Waals surface area (Å²) in [6.07, 6.45) is 0. The number of hydroxylamine groups is 2. The molecule has 0 aliphatic carbocycles. The lowest BCUT2D eigenvalue weighted by Gasteiger charge is -2.15. The molecule has 0 aromatic heterocycles. The maximum absolute atomic E-state index is 11.8. The predicted octanol–water partition coefficient (Wildman–Crippen LogP) is 1.24. The first-order valence-corrected chi connectivity index (χ1v) is 4.65. The summed E-state index contributed by atoms with van der Waals surface area (Å²) in [6.45, 7) is 0. The maximum Gasteiger partial charge on any atom is 0.280 e. The van der Waals surface area contributed by atoms with Crippen LogP contribution in [0.3, 0.4) is 0 Å². The topological polar surface area (TPSA) is 81.9 Å². The first kappa shape index (κ1) is 12.9. The molecular weight excluding hydrogens is 228 g/mol. The summed E-state index contributed by atoms with van der Waals surface area (Å²) in [6, 6.07) is 3.75. The van der Waals surface area contributed by atoms with Gasteiger partial charge in [0.2, 0.25) is 0 Å². The fourth-order valence-corrected chi connectivity index (χ4v) is 1.22. The van der Waals surface area contributed by atoms with Gasteiger partial charge in [-0.15, -0.1) is 0 Å². The normalized spacial score (nSPS) is 9.82. The van der Waals surface area contributed by atoms with Crippen molar-refractivity contribution in [1.82, 2.24) is 5.06 Å². The van der Waals surface area contributed by atoms with Gasteiger partial charge in [0, 0.05) is 13.1 Å². The minimum Gasteiger partial charge on any atom is -0.496 e. The van der Waals surface area contributed by atoms with Crippen molar-refractivity contribution >= 4 is 11.6 Å². The van der Waals surface area contributed by atoms with Gasteiger partial charge < -0.3 is 4.74 Å². The molecule has 1 aromatic carbocycles. The Morgan fingerprint density at radius 2 is 2.06 bits per heavy atom. The van der Waals surface area contributed by atoms with Crippen LogP contribution in [0.5, 0.6) is 5.75 Å². The zero-order valence-electron chi connectivity index (χ0n) is 9.67. The van der Waals surface area contributed by atoms with Crippen molar-refractivity contribution in [2.24, 2.45) is 0 Å². The Balaban J connectivity index is 3.17. The van der Waals surface area contributed by atoms with Crippen LogP contribution in [0.15, 0.2) is 18.2 Å². The highest BCUT2D eigenvalue weighted by molar-refractivity contribution is 5.96. The smallest absolute Gasteiger partial charge is 0.280 e. The predicted molar refractivity (Wildman–Crippen MR) is 58.8 cm³/mol. The van der Waals surface area contributed by atoms with Gasteiger partial charge in [-0.25, -0.2) is 5.06 Å². The molecule has 1 aromatic rings. The number of nitro benzene ring substituents is 1. The highest BCUT2D eigenvalue weighted by atomic mass is 16.7. The van der Waals surface area contributed by atoms with Crippen molar-refractivity contribution in [3.8, 4) is 5.75 Å². The zero-order valence-corrected chi connectivity index (χ0v) is 9.67. The molecule has 0 fully saturated rings. The van der Waals surface area contributed by atoms with E-state index in [-0.39, 0.29) is 17.0 Å². The standard InChI is InChI=1S/C10H12N2O5/c1-11(17-3)10(13)8-5-4-7(12(14)15)6-9(8)16-2/h4-6H,1-3H3. The van der Waals surface area contributed by atoms with Gasteiger partial charge in [0.1, 0.15) is 5.75 Å². The van der Waals surface area contributed by atoms with Crippen molar-refractivity contribution in [2.75, 3.05) is 21.3 Å². The SMILES string of the molecule is COc1cc([N+](=O)[O-])ccc1C(=O)N(C)OC. The van der Waals surface area contributed by atoms with Crippen molar-refractivity contribution in [3.63, 3.8) is 0 Å². The fraction of sp³-hybridized carbons (Fsp3) is 0.300. The Morgan fingerprint density at radius 1 is 1.41 bits per heavy atom. The molecule has 0 heterocycles. The first-order valence-electron chi connectivity index (χ1n) is 4.65. The second-order valence-electron chi connectivity index (χ2n) is 3.13. The van der Waals surface area contributed by atoms with Gasteiger partial charge in [0.15, 0.2) is 0 Å². The molecule has 7 heteroatoms. The van der Waals surface area contributed by atoms with Crippen LogP contribution in [-0.4, -0.2) is 37.2 Å². The molecule has 0 saturated carbocycles. The van der Waals surface area contributed by atoms with E-state index in [1.54, 1.807) is 0 Å². The van der Waals surface area contributed by atoms with E-state index >= 15 is 0 Å². The molecule has 0 saturated heterocycles. The average molecular weight is 240 g/mol. The van der Waals surface area contributed by atoms with Gasteiger partial charge in [-0.05, 0) is 6.07 Å². The Bertz CT molecular complexity index is 446. The monoisotopic (exact) mass is 240 g/mol. The van der Waals surface area contributed by atoms with Gasteiger partial charge >= 0.3 is 0 Å². The van der Waals surface area contributed by atoms with E-state index < -0.39 is 10.8 Å². The maximum atomic E-state index is 11.8. The second-order valence-corrected chi connectivity index (χ2v) is 3.13. The molecule has 17 heavy (non-hydrogen) atoms. The Labute approximate surface area is 97.6 Å². The lowest BCUT2D eigenvalue weighted by atomic mass is 10.1. The minimum atomic E-state index is -0.559. The van der Waals surface area contributed by atoms with Crippen LogP contribution in [-0.2, 0) is 4.84 Å². The molecule has 7 nitrogen and oxygen atoms in total. The van der Waals surface area contributed by atoms with Gasteiger partial charge in [0.05, 0.1) is 30.8 Å². The van der Waals surface area contributed by atoms with Crippen LogP contribution in [0.4, 0.5) is 5.69 Å². The van der Waals surface area contributed by atoms with Crippen molar-refractivity contribution in [1.29, 1.82) is 0 Å². The summed E-state index contributed by atoms with van der Waals surface area (Å²) < 4.78 is 4.94. The van der Waals surface area contributed by atoms with Crippen LogP contribution >= 0.6 is 0 Å². The Hall–Kier alpha value is -2.15. The molecule has 0 aliphatic rings. The molecule has 0 bridgehead atoms. The Morgan fingerprint density at radius 3 is 2.53 bits per heavy atom. The third-order valence-corrected chi connectivity index (χ3v) is 2.19. The third-order valence-electron chi connectivity index (χ3n) is 2.19. The van der Waals surface area contributed by atoms with Gasteiger partial charge in [-0.1, -0.05) is 0 Å². The molecule has 92 valence electrons. The van der Waals surface area contributed by atoms with Crippen LogP contribution < -0.4 is 4.74 Å². The number of carbonyl (C=O) groups is 1. The molecule has 0 radical (unpaired) electrons. The quantitative estimate of drug-likeness (QED) is 0.584. The summed E-state index contributed by atoms with van der Waals surface area (Å²) >= 11 is 0. The van der Waals surface area contributed by atoms with E-state index in [1.165, 1.54) is 39.5 Å².